The molecule has 96 valence electrons. The maximum atomic E-state index is 13.3. The summed E-state index contributed by atoms with van der Waals surface area (Å²) in [5.74, 6) is -0.191. The Morgan fingerprint density at radius 2 is 2.06 bits per heavy atom. The van der Waals surface area contributed by atoms with Crippen LogP contribution in [-0.2, 0) is 9.84 Å². The Balaban J connectivity index is 2.54. The summed E-state index contributed by atoms with van der Waals surface area (Å²) in [5.41, 5.74) is 0.311. The molecule has 0 saturated carbocycles. The van der Waals surface area contributed by atoms with Gasteiger partial charge in [0.1, 0.15) is 5.82 Å². The third kappa shape index (κ3) is 5.04. The number of benzene rings is 1. The van der Waals surface area contributed by atoms with E-state index in [1.54, 1.807) is 12.1 Å². The maximum absolute atomic E-state index is 13.3. The highest BCUT2D eigenvalue weighted by Gasteiger charge is 2.09. The Labute approximate surface area is 109 Å². The van der Waals surface area contributed by atoms with Gasteiger partial charge in [-0.2, -0.15) is 0 Å². The van der Waals surface area contributed by atoms with Crippen LogP contribution in [0.15, 0.2) is 22.7 Å². The van der Waals surface area contributed by atoms with E-state index in [0.717, 1.165) is 4.47 Å². The number of hydrogen-bond acceptors (Lipinski definition) is 3. The monoisotopic (exact) mass is 323 g/mol. The first-order chi connectivity index (χ1) is 7.94. The van der Waals surface area contributed by atoms with Gasteiger partial charge in [0.2, 0.25) is 0 Å². The molecule has 0 atom stereocenters. The van der Waals surface area contributed by atoms with E-state index in [1.165, 1.54) is 6.07 Å². The van der Waals surface area contributed by atoms with E-state index in [-0.39, 0.29) is 23.9 Å². The molecule has 1 N–H and O–H groups in total. The highest BCUT2D eigenvalue weighted by Crippen LogP contribution is 2.19. The number of rotatable bonds is 6. The van der Waals surface area contributed by atoms with E-state index in [4.69, 9.17) is 0 Å². The molecule has 1 aromatic carbocycles. The molecule has 0 spiro atoms. The first-order valence-electron chi connectivity index (χ1n) is 5.34. The zero-order valence-electron chi connectivity index (χ0n) is 9.54. The van der Waals surface area contributed by atoms with Crippen LogP contribution in [0.3, 0.4) is 0 Å². The molecule has 0 amide bonds. The van der Waals surface area contributed by atoms with Crippen molar-refractivity contribution in [3.8, 4) is 0 Å². The average Bonchev–Trinajstić information content (AvgIpc) is 2.23. The van der Waals surface area contributed by atoms with Crippen LogP contribution in [0, 0.1) is 5.82 Å². The molecule has 1 rings (SSSR count). The SMILES string of the molecule is CCCS(=O)(=O)CCNc1cc(Br)ccc1F. The van der Waals surface area contributed by atoms with Gasteiger partial charge < -0.3 is 5.32 Å². The van der Waals surface area contributed by atoms with Crippen molar-refractivity contribution in [2.24, 2.45) is 0 Å². The van der Waals surface area contributed by atoms with Crippen LogP contribution in [0.5, 0.6) is 0 Å². The Bertz CT molecular complexity index is 476. The Morgan fingerprint density at radius 3 is 2.71 bits per heavy atom. The number of halogens is 2. The van der Waals surface area contributed by atoms with Crippen LogP contribution >= 0.6 is 15.9 Å². The molecule has 1 aromatic rings. The largest absolute Gasteiger partial charge is 0.382 e. The van der Waals surface area contributed by atoms with Crippen LogP contribution < -0.4 is 5.32 Å². The van der Waals surface area contributed by atoms with E-state index in [2.05, 4.69) is 21.2 Å². The Kier molecular flexibility index (Phi) is 5.39. The van der Waals surface area contributed by atoms with Crippen LogP contribution in [0.4, 0.5) is 10.1 Å². The van der Waals surface area contributed by atoms with Gasteiger partial charge in [-0.15, -0.1) is 0 Å². The topological polar surface area (TPSA) is 46.2 Å². The maximum Gasteiger partial charge on any atom is 0.152 e. The lowest BCUT2D eigenvalue weighted by Crippen LogP contribution is -2.18. The van der Waals surface area contributed by atoms with Crippen molar-refractivity contribution in [1.82, 2.24) is 0 Å². The second-order valence-electron chi connectivity index (χ2n) is 3.70. The average molecular weight is 324 g/mol. The normalized spacial score (nSPS) is 11.5. The molecule has 0 fully saturated rings. The van der Waals surface area contributed by atoms with Crippen molar-refractivity contribution in [3.05, 3.63) is 28.5 Å². The summed E-state index contributed by atoms with van der Waals surface area (Å²) in [5, 5.41) is 2.78. The van der Waals surface area contributed by atoms with Gasteiger partial charge in [0, 0.05) is 16.8 Å². The van der Waals surface area contributed by atoms with Gasteiger partial charge in [-0.3, -0.25) is 0 Å². The molecule has 0 aliphatic carbocycles. The summed E-state index contributed by atoms with van der Waals surface area (Å²) in [6.07, 6.45) is 0.605. The fraction of sp³-hybridized carbons (Fsp3) is 0.455. The lowest BCUT2D eigenvalue weighted by atomic mass is 10.3. The predicted molar refractivity (Wildman–Crippen MR) is 71.5 cm³/mol. The minimum atomic E-state index is -3.02. The van der Waals surface area contributed by atoms with Crippen molar-refractivity contribution in [2.45, 2.75) is 13.3 Å². The summed E-state index contributed by atoms with van der Waals surface area (Å²) in [6, 6.07) is 4.50. The quantitative estimate of drug-likeness (QED) is 0.875. The summed E-state index contributed by atoms with van der Waals surface area (Å²) >= 11 is 3.23. The zero-order chi connectivity index (χ0) is 12.9. The molecular weight excluding hydrogens is 309 g/mol. The second kappa shape index (κ2) is 6.35. The molecule has 0 bridgehead atoms. The van der Waals surface area contributed by atoms with Crippen LogP contribution in [-0.4, -0.2) is 26.5 Å². The molecule has 6 heteroatoms. The highest BCUT2D eigenvalue weighted by molar-refractivity contribution is 9.10. The van der Waals surface area contributed by atoms with Crippen molar-refractivity contribution >= 4 is 31.5 Å². The summed E-state index contributed by atoms with van der Waals surface area (Å²) < 4.78 is 36.9. The first kappa shape index (κ1) is 14.4. The van der Waals surface area contributed by atoms with Crippen molar-refractivity contribution < 1.29 is 12.8 Å². The van der Waals surface area contributed by atoms with Gasteiger partial charge in [0.15, 0.2) is 9.84 Å². The molecule has 3 nitrogen and oxygen atoms in total. The van der Waals surface area contributed by atoms with Gasteiger partial charge in [0.25, 0.3) is 0 Å². The summed E-state index contributed by atoms with van der Waals surface area (Å²) in [7, 11) is -3.02. The van der Waals surface area contributed by atoms with E-state index in [1.807, 2.05) is 6.92 Å². The van der Waals surface area contributed by atoms with Crippen LogP contribution in [0.25, 0.3) is 0 Å². The van der Waals surface area contributed by atoms with E-state index in [9.17, 15) is 12.8 Å². The highest BCUT2D eigenvalue weighted by atomic mass is 79.9. The van der Waals surface area contributed by atoms with Crippen molar-refractivity contribution in [1.29, 1.82) is 0 Å². The number of sulfone groups is 1. The molecule has 0 unspecified atom stereocenters. The molecule has 0 heterocycles. The minimum absolute atomic E-state index is 0.0206. The second-order valence-corrected chi connectivity index (χ2v) is 6.92. The van der Waals surface area contributed by atoms with Crippen molar-refractivity contribution in [2.75, 3.05) is 23.4 Å². The lowest BCUT2D eigenvalue weighted by molar-refractivity contribution is 0.594. The fourth-order valence-corrected chi connectivity index (χ4v) is 2.99. The van der Waals surface area contributed by atoms with Crippen LogP contribution in [0.2, 0.25) is 0 Å². The summed E-state index contributed by atoms with van der Waals surface area (Å²) in [6.45, 7) is 2.04. The Morgan fingerprint density at radius 1 is 1.35 bits per heavy atom. The van der Waals surface area contributed by atoms with E-state index >= 15 is 0 Å². The fourth-order valence-electron chi connectivity index (χ4n) is 1.39. The van der Waals surface area contributed by atoms with Gasteiger partial charge in [-0.25, -0.2) is 12.8 Å². The first-order valence-corrected chi connectivity index (χ1v) is 7.95. The van der Waals surface area contributed by atoms with Gasteiger partial charge in [-0.05, 0) is 24.6 Å². The molecule has 17 heavy (non-hydrogen) atoms. The third-order valence-corrected chi connectivity index (χ3v) is 4.52. The third-order valence-electron chi connectivity index (χ3n) is 2.17. The van der Waals surface area contributed by atoms with Crippen LogP contribution in [0.1, 0.15) is 13.3 Å². The standard InChI is InChI=1S/C11H15BrFNO2S/c1-2-6-17(15,16)7-5-14-11-8-9(12)3-4-10(11)13/h3-4,8,14H,2,5-7H2,1H3. The number of nitrogens with one attached hydrogen (secondary N) is 1. The van der Waals surface area contributed by atoms with E-state index < -0.39 is 9.84 Å². The van der Waals surface area contributed by atoms with E-state index in [0.29, 0.717) is 12.1 Å². The molecular formula is C11H15BrFNO2S. The minimum Gasteiger partial charge on any atom is -0.382 e. The van der Waals surface area contributed by atoms with Gasteiger partial charge in [-0.1, -0.05) is 22.9 Å². The molecule has 0 radical (unpaired) electrons. The lowest BCUT2D eigenvalue weighted by Gasteiger charge is -2.08. The predicted octanol–water partition coefficient (Wildman–Crippen LogP) is 2.82. The molecule has 0 saturated heterocycles. The molecule has 0 aliphatic rings. The molecule has 0 aliphatic heterocycles. The smallest absolute Gasteiger partial charge is 0.152 e. The zero-order valence-corrected chi connectivity index (χ0v) is 11.9. The summed E-state index contributed by atoms with van der Waals surface area (Å²) in [4.78, 5) is 0. The van der Waals surface area contributed by atoms with Gasteiger partial charge >= 0.3 is 0 Å². The number of anilines is 1. The van der Waals surface area contributed by atoms with Crippen molar-refractivity contribution in [3.63, 3.8) is 0 Å². The Hall–Kier alpha value is -0.620. The van der Waals surface area contributed by atoms with Gasteiger partial charge in [0.05, 0.1) is 11.4 Å². The molecule has 0 aromatic heterocycles. The number of hydrogen-bond donors (Lipinski definition) is 1.